The number of rotatable bonds is 5. The number of pyridine rings is 1. The fourth-order valence-electron chi connectivity index (χ4n) is 2.33. The quantitative estimate of drug-likeness (QED) is 0.611. The molecule has 0 aromatic carbocycles. The van der Waals surface area contributed by atoms with Crippen molar-refractivity contribution in [3.63, 3.8) is 0 Å². The maximum absolute atomic E-state index is 10.8. The van der Waals surface area contributed by atoms with Crippen LogP contribution in [-0.2, 0) is 6.54 Å². The van der Waals surface area contributed by atoms with Gasteiger partial charge in [-0.2, -0.15) is 0 Å². The number of aromatic nitrogens is 3. The summed E-state index contributed by atoms with van der Waals surface area (Å²) in [5.41, 5.74) is 0.559. The molecule has 0 saturated carbocycles. The second-order valence-corrected chi connectivity index (χ2v) is 6.08. The summed E-state index contributed by atoms with van der Waals surface area (Å²) >= 11 is 1.21. The van der Waals surface area contributed by atoms with Crippen LogP contribution < -0.4 is 0 Å². The standard InChI is InChI=1S/C13H15N5O3S/c1-9-6-12(14-7-10(9)18(19)20)22-13-16-15-11(21-13)8-17-4-2-3-5-17/h6-7H,2-5,8H2,1H3. The number of hydrogen-bond acceptors (Lipinski definition) is 8. The Morgan fingerprint density at radius 3 is 2.86 bits per heavy atom. The number of hydrogen-bond donors (Lipinski definition) is 0. The molecule has 1 aliphatic rings. The van der Waals surface area contributed by atoms with Crippen LogP contribution in [0, 0.1) is 17.0 Å². The van der Waals surface area contributed by atoms with Crippen molar-refractivity contribution >= 4 is 17.4 Å². The molecule has 0 N–H and O–H groups in total. The molecule has 1 aliphatic heterocycles. The molecule has 2 aromatic rings. The third-order valence-electron chi connectivity index (χ3n) is 3.45. The topological polar surface area (TPSA) is 98.2 Å². The molecule has 2 aromatic heterocycles. The van der Waals surface area contributed by atoms with Gasteiger partial charge in [-0.05, 0) is 50.7 Å². The van der Waals surface area contributed by atoms with E-state index in [1.807, 2.05) is 0 Å². The van der Waals surface area contributed by atoms with Crippen molar-refractivity contribution in [1.82, 2.24) is 20.1 Å². The van der Waals surface area contributed by atoms with Crippen LogP contribution >= 0.6 is 11.8 Å². The molecule has 116 valence electrons. The zero-order valence-corrected chi connectivity index (χ0v) is 12.9. The summed E-state index contributed by atoms with van der Waals surface area (Å²) in [6.45, 7) is 4.47. The Balaban J connectivity index is 1.67. The average molecular weight is 321 g/mol. The lowest BCUT2D eigenvalue weighted by molar-refractivity contribution is -0.385. The third kappa shape index (κ3) is 3.42. The molecular weight excluding hydrogens is 306 g/mol. The molecule has 0 amide bonds. The molecule has 1 fully saturated rings. The number of nitro groups is 1. The van der Waals surface area contributed by atoms with E-state index in [0.717, 1.165) is 13.1 Å². The summed E-state index contributed by atoms with van der Waals surface area (Å²) in [6, 6.07) is 1.65. The van der Waals surface area contributed by atoms with Crippen LogP contribution in [0.3, 0.4) is 0 Å². The van der Waals surface area contributed by atoms with Gasteiger partial charge in [0.1, 0.15) is 11.2 Å². The van der Waals surface area contributed by atoms with E-state index in [4.69, 9.17) is 4.42 Å². The zero-order valence-electron chi connectivity index (χ0n) is 12.1. The van der Waals surface area contributed by atoms with Crippen molar-refractivity contribution in [2.75, 3.05) is 13.1 Å². The second kappa shape index (κ2) is 6.41. The summed E-state index contributed by atoms with van der Waals surface area (Å²) in [4.78, 5) is 16.7. The van der Waals surface area contributed by atoms with Gasteiger partial charge in [-0.25, -0.2) is 4.98 Å². The van der Waals surface area contributed by atoms with Gasteiger partial charge in [0, 0.05) is 5.56 Å². The molecule has 0 atom stereocenters. The minimum Gasteiger partial charge on any atom is -0.414 e. The van der Waals surface area contributed by atoms with Gasteiger partial charge in [-0.15, -0.1) is 10.2 Å². The van der Waals surface area contributed by atoms with Crippen molar-refractivity contribution in [2.45, 2.75) is 36.6 Å². The van der Waals surface area contributed by atoms with E-state index in [9.17, 15) is 10.1 Å². The maximum atomic E-state index is 10.8. The van der Waals surface area contributed by atoms with Gasteiger partial charge in [-0.1, -0.05) is 0 Å². The molecule has 0 bridgehead atoms. The first-order valence-corrected chi connectivity index (χ1v) is 7.77. The fraction of sp³-hybridized carbons (Fsp3) is 0.462. The Morgan fingerprint density at radius 2 is 2.18 bits per heavy atom. The molecule has 9 heteroatoms. The molecule has 0 radical (unpaired) electrons. The number of nitrogens with zero attached hydrogens (tertiary/aromatic N) is 5. The lowest BCUT2D eigenvalue weighted by Gasteiger charge is -2.10. The van der Waals surface area contributed by atoms with Crippen LogP contribution in [0.1, 0.15) is 24.3 Å². The Kier molecular flexibility index (Phi) is 4.34. The molecule has 8 nitrogen and oxygen atoms in total. The summed E-state index contributed by atoms with van der Waals surface area (Å²) in [7, 11) is 0. The van der Waals surface area contributed by atoms with Crippen molar-refractivity contribution in [2.24, 2.45) is 0 Å². The van der Waals surface area contributed by atoms with Crippen LogP contribution in [0.2, 0.25) is 0 Å². The van der Waals surface area contributed by atoms with Crippen molar-refractivity contribution < 1.29 is 9.34 Å². The van der Waals surface area contributed by atoms with Gasteiger partial charge in [0.05, 0.1) is 11.5 Å². The molecular formula is C13H15N5O3S. The minimum absolute atomic E-state index is 0.00426. The predicted molar refractivity (Wildman–Crippen MR) is 78.6 cm³/mol. The zero-order chi connectivity index (χ0) is 15.5. The highest BCUT2D eigenvalue weighted by Gasteiger charge is 2.17. The van der Waals surface area contributed by atoms with E-state index in [2.05, 4.69) is 20.1 Å². The first-order valence-electron chi connectivity index (χ1n) is 6.95. The van der Waals surface area contributed by atoms with Crippen molar-refractivity contribution in [3.8, 4) is 0 Å². The second-order valence-electron chi connectivity index (χ2n) is 5.11. The molecule has 3 rings (SSSR count). The molecule has 0 aliphatic carbocycles. The number of aryl methyl sites for hydroxylation is 1. The van der Waals surface area contributed by atoms with Crippen LogP contribution in [0.25, 0.3) is 0 Å². The Labute approximate surface area is 131 Å². The highest BCUT2D eigenvalue weighted by atomic mass is 32.2. The monoisotopic (exact) mass is 321 g/mol. The van der Waals surface area contributed by atoms with Gasteiger partial charge in [0.25, 0.3) is 10.9 Å². The first-order chi connectivity index (χ1) is 10.6. The van der Waals surface area contributed by atoms with Gasteiger partial charge >= 0.3 is 0 Å². The minimum atomic E-state index is -0.447. The summed E-state index contributed by atoms with van der Waals surface area (Å²) < 4.78 is 5.59. The Hall–Kier alpha value is -2.00. The summed E-state index contributed by atoms with van der Waals surface area (Å²) in [5, 5.41) is 19.8. The average Bonchev–Trinajstić information content (AvgIpc) is 3.11. The largest absolute Gasteiger partial charge is 0.414 e. The van der Waals surface area contributed by atoms with Crippen LogP contribution in [0.5, 0.6) is 0 Å². The van der Waals surface area contributed by atoms with Crippen LogP contribution in [0.4, 0.5) is 5.69 Å². The maximum Gasteiger partial charge on any atom is 0.290 e. The Morgan fingerprint density at radius 1 is 1.41 bits per heavy atom. The highest BCUT2D eigenvalue weighted by molar-refractivity contribution is 7.99. The van der Waals surface area contributed by atoms with E-state index in [-0.39, 0.29) is 5.69 Å². The molecule has 3 heterocycles. The highest BCUT2D eigenvalue weighted by Crippen LogP contribution is 2.28. The summed E-state index contributed by atoms with van der Waals surface area (Å²) in [5.74, 6) is 0.586. The van der Waals surface area contributed by atoms with E-state index >= 15 is 0 Å². The SMILES string of the molecule is Cc1cc(Sc2nnc(CN3CCCC3)o2)ncc1[N+](=O)[O-]. The van der Waals surface area contributed by atoms with Crippen LogP contribution in [0.15, 0.2) is 26.9 Å². The lowest BCUT2D eigenvalue weighted by atomic mass is 10.3. The molecule has 1 saturated heterocycles. The van der Waals surface area contributed by atoms with Crippen LogP contribution in [-0.4, -0.2) is 38.1 Å². The van der Waals surface area contributed by atoms with E-state index in [1.54, 1.807) is 13.0 Å². The molecule has 0 spiro atoms. The normalized spacial score (nSPS) is 15.3. The van der Waals surface area contributed by atoms with Gasteiger partial charge in [-0.3, -0.25) is 15.0 Å². The van der Waals surface area contributed by atoms with Gasteiger partial charge < -0.3 is 4.42 Å². The van der Waals surface area contributed by atoms with Crippen molar-refractivity contribution in [1.29, 1.82) is 0 Å². The van der Waals surface area contributed by atoms with E-state index in [0.29, 0.717) is 28.2 Å². The fourth-order valence-corrected chi connectivity index (χ4v) is 3.07. The molecule has 0 unspecified atom stereocenters. The smallest absolute Gasteiger partial charge is 0.290 e. The van der Waals surface area contributed by atoms with Gasteiger partial charge in [0.15, 0.2) is 0 Å². The summed E-state index contributed by atoms with van der Waals surface area (Å²) in [6.07, 6.45) is 3.67. The lowest BCUT2D eigenvalue weighted by Crippen LogP contribution is -2.18. The van der Waals surface area contributed by atoms with E-state index < -0.39 is 4.92 Å². The molecule has 22 heavy (non-hydrogen) atoms. The predicted octanol–water partition coefficient (Wildman–Crippen LogP) is 2.43. The number of likely N-dealkylation sites (tertiary alicyclic amines) is 1. The first kappa shape index (κ1) is 14.9. The van der Waals surface area contributed by atoms with Gasteiger partial charge in [0.2, 0.25) is 5.89 Å². The third-order valence-corrected chi connectivity index (χ3v) is 4.22. The Bertz CT molecular complexity index is 684. The van der Waals surface area contributed by atoms with Crippen molar-refractivity contribution in [3.05, 3.63) is 33.8 Å². The van der Waals surface area contributed by atoms with E-state index in [1.165, 1.54) is 30.8 Å².